The highest BCUT2D eigenvalue weighted by Gasteiger charge is 2.73. The molecule has 2 aliphatic rings. The number of hydrogen-bond donors (Lipinski definition) is 0. The Bertz CT molecular complexity index is 876. The zero-order valence-electron chi connectivity index (χ0n) is 12.7. The molecule has 0 saturated carbocycles. The fourth-order valence-corrected chi connectivity index (χ4v) is 5.03. The summed E-state index contributed by atoms with van der Waals surface area (Å²) >= 11 is 0. The molecule has 0 aliphatic carbocycles. The smallest absolute Gasteiger partial charge is 0.255 e. The van der Waals surface area contributed by atoms with Crippen molar-refractivity contribution >= 4 is 16.4 Å². The lowest BCUT2D eigenvalue weighted by atomic mass is 9.91. The molecule has 2 aromatic carbocycles. The summed E-state index contributed by atoms with van der Waals surface area (Å²) < 4.78 is 30.9. The average molecular weight is 327 g/mol. The van der Waals surface area contributed by atoms with Gasteiger partial charge in [-0.2, -0.15) is 12.7 Å². The van der Waals surface area contributed by atoms with Gasteiger partial charge in [-0.3, -0.25) is 4.18 Å². The highest BCUT2D eigenvalue weighted by Crippen LogP contribution is 2.58. The second-order valence-electron chi connectivity index (χ2n) is 5.97. The van der Waals surface area contributed by atoms with Gasteiger partial charge in [-0.05, 0) is 23.6 Å². The quantitative estimate of drug-likeness (QED) is 0.815. The lowest BCUT2D eigenvalue weighted by Gasteiger charge is -2.12. The number of aryl methyl sites for hydroxylation is 1. The first-order chi connectivity index (χ1) is 11.1. The third-order valence-electron chi connectivity index (χ3n) is 4.62. The maximum atomic E-state index is 12.2. The van der Waals surface area contributed by atoms with Gasteiger partial charge in [0.1, 0.15) is 5.54 Å². The van der Waals surface area contributed by atoms with E-state index in [2.05, 4.69) is 0 Å². The Morgan fingerprint density at radius 1 is 1.13 bits per heavy atom. The van der Waals surface area contributed by atoms with E-state index in [9.17, 15) is 8.42 Å². The molecule has 5 heteroatoms. The summed E-state index contributed by atoms with van der Waals surface area (Å²) in [6.07, 6.45) is 3.93. The standard InChI is InChI=1S/C18H17NO3S/c1-14-7-5-6-10-16(14)18-13-22-23(20,21)19(18)17(18)12-11-15-8-3-2-4-9-15/h2-12,17H,13H2,1H3/b12-11+/t17-,18+,19?/m1/s1. The van der Waals surface area contributed by atoms with E-state index in [0.717, 1.165) is 16.7 Å². The average Bonchev–Trinajstić information content (AvgIpc) is 3.13. The lowest BCUT2D eigenvalue weighted by Crippen LogP contribution is -2.18. The van der Waals surface area contributed by atoms with E-state index in [1.165, 1.54) is 4.31 Å². The third-order valence-corrected chi connectivity index (χ3v) is 6.07. The van der Waals surface area contributed by atoms with Crippen LogP contribution in [-0.2, 0) is 20.0 Å². The zero-order chi connectivity index (χ0) is 16.1. The number of hydrogen-bond acceptors (Lipinski definition) is 3. The summed E-state index contributed by atoms with van der Waals surface area (Å²) in [5, 5.41) is 0. The molecule has 0 radical (unpaired) electrons. The van der Waals surface area contributed by atoms with Gasteiger partial charge in [0.25, 0.3) is 0 Å². The van der Waals surface area contributed by atoms with Crippen LogP contribution in [0.4, 0.5) is 0 Å². The van der Waals surface area contributed by atoms with Crippen molar-refractivity contribution in [2.45, 2.75) is 18.5 Å². The van der Waals surface area contributed by atoms with Gasteiger partial charge in [-0.1, -0.05) is 66.7 Å². The lowest BCUT2D eigenvalue weighted by molar-refractivity contribution is 0.309. The number of nitrogens with zero attached hydrogens (tertiary/aromatic N) is 1. The Morgan fingerprint density at radius 2 is 1.83 bits per heavy atom. The van der Waals surface area contributed by atoms with E-state index in [4.69, 9.17) is 4.18 Å². The van der Waals surface area contributed by atoms with Crippen molar-refractivity contribution in [2.75, 3.05) is 6.61 Å². The predicted octanol–water partition coefficient (Wildman–Crippen LogP) is 2.86. The van der Waals surface area contributed by atoms with E-state index in [1.54, 1.807) is 0 Å². The van der Waals surface area contributed by atoms with Crippen LogP contribution < -0.4 is 0 Å². The number of fused-ring (bicyclic) bond motifs is 1. The Kier molecular flexibility index (Phi) is 3.20. The van der Waals surface area contributed by atoms with Crippen LogP contribution >= 0.6 is 0 Å². The molecule has 2 heterocycles. The second-order valence-corrected chi connectivity index (χ2v) is 7.45. The summed E-state index contributed by atoms with van der Waals surface area (Å²) in [6.45, 7) is 2.17. The van der Waals surface area contributed by atoms with Gasteiger partial charge >= 0.3 is 10.3 Å². The Balaban J connectivity index is 1.74. The molecule has 0 amide bonds. The van der Waals surface area contributed by atoms with Crippen LogP contribution in [0.2, 0.25) is 0 Å². The van der Waals surface area contributed by atoms with Crippen LogP contribution in [0.15, 0.2) is 60.7 Å². The Morgan fingerprint density at radius 3 is 2.57 bits per heavy atom. The monoisotopic (exact) mass is 327 g/mol. The van der Waals surface area contributed by atoms with E-state index >= 15 is 0 Å². The van der Waals surface area contributed by atoms with Crippen LogP contribution in [-0.4, -0.2) is 25.4 Å². The normalized spacial score (nSPS) is 31.2. The Labute approximate surface area is 136 Å². The van der Waals surface area contributed by atoms with Gasteiger partial charge in [-0.25, -0.2) is 0 Å². The molecule has 1 unspecified atom stereocenters. The van der Waals surface area contributed by atoms with Crippen LogP contribution in [0, 0.1) is 6.92 Å². The van der Waals surface area contributed by atoms with Crippen LogP contribution in [0.3, 0.4) is 0 Å². The van der Waals surface area contributed by atoms with Crippen LogP contribution in [0.5, 0.6) is 0 Å². The van der Waals surface area contributed by atoms with Crippen molar-refractivity contribution in [2.24, 2.45) is 0 Å². The molecule has 0 bridgehead atoms. The van der Waals surface area contributed by atoms with Crippen molar-refractivity contribution in [3.63, 3.8) is 0 Å². The van der Waals surface area contributed by atoms with Crippen LogP contribution in [0.1, 0.15) is 16.7 Å². The summed E-state index contributed by atoms with van der Waals surface area (Å²) in [5.74, 6) is 0. The maximum Gasteiger partial charge on any atom is 0.340 e. The van der Waals surface area contributed by atoms with E-state index in [1.807, 2.05) is 73.7 Å². The molecule has 2 saturated heterocycles. The van der Waals surface area contributed by atoms with Gasteiger partial charge in [0.2, 0.25) is 0 Å². The molecular weight excluding hydrogens is 310 g/mol. The predicted molar refractivity (Wildman–Crippen MR) is 88.8 cm³/mol. The third kappa shape index (κ3) is 2.16. The first-order valence-electron chi connectivity index (χ1n) is 7.54. The van der Waals surface area contributed by atoms with Crippen molar-refractivity contribution in [1.29, 1.82) is 0 Å². The molecule has 4 nitrogen and oxygen atoms in total. The van der Waals surface area contributed by atoms with Crippen molar-refractivity contribution < 1.29 is 12.6 Å². The van der Waals surface area contributed by atoms with Gasteiger partial charge in [0.15, 0.2) is 0 Å². The molecule has 0 N–H and O–H groups in total. The Hall–Kier alpha value is -1.95. The molecule has 4 rings (SSSR count). The maximum absolute atomic E-state index is 12.2. The van der Waals surface area contributed by atoms with E-state index < -0.39 is 15.8 Å². The second kappa shape index (κ2) is 5.03. The summed E-state index contributed by atoms with van der Waals surface area (Å²) in [7, 11) is -3.65. The zero-order valence-corrected chi connectivity index (χ0v) is 13.5. The van der Waals surface area contributed by atoms with Crippen molar-refractivity contribution in [1.82, 2.24) is 4.31 Å². The molecule has 2 aromatic rings. The van der Waals surface area contributed by atoms with Gasteiger partial charge in [0, 0.05) is 0 Å². The minimum Gasteiger partial charge on any atom is -0.255 e. The van der Waals surface area contributed by atoms with Gasteiger partial charge in [-0.15, -0.1) is 0 Å². The number of benzene rings is 2. The molecule has 2 fully saturated rings. The molecule has 0 aromatic heterocycles. The fourth-order valence-electron chi connectivity index (χ4n) is 3.46. The van der Waals surface area contributed by atoms with Crippen molar-refractivity contribution in [3.8, 4) is 0 Å². The van der Waals surface area contributed by atoms with E-state index in [0.29, 0.717) is 0 Å². The molecule has 0 spiro atoms. The van der Waals surface area contributed by atoms with Crippen LogP contribution in [0.25, 0.3) is 6.08 Å². The number of rotatable bonds is 3. The SMILES string of the molecule is Cc1ccccc1[C@]12COS(=O)(=O)N1[C@@H]2/C=C/c1ccccc1. The summed E-state index contributed by atoms with van der Waals surface area (Å²) in [6, 6.07) is 17.6. The van der Waals surface area contributed by atoms with Gasteiger partial charge in [0.05, 0.1) is 12.6 Å². The minimum absolute atomic E-state index is 0.171. The molecule has 2 aliphatic heterocycles. The highest BCUT2D eigenvalue weighted by atomic mass is 32.2. The summed E-state index contributed by atoms with van der Waals surface area (Å²) in [5.41, 5.74) is 2.56. The first-order valence-corrected chi connectivity index (χ1v) is 8.90. The van der Waals surface area contributed by atoms with E-state index in [-0.39, 0.29) is 12.6 Å². The minimum atomic E-state index is -3.65. The molecule has 118 valence electrons. The van der Waals surface area contributed by atoms with Gasteiger partial charge < -0.3 is 0 Å². The molecular formula is C18H17NO3S. The highest BCUT2D eigenvalue weighted by molar-refractivity contribution is 7.84. The largest absolute Gasteiger partial charge is 0.340 e. The molecule has 3 atom stereocenters. The topological polar surface area (TPSA) is 46.4 Å². The van der Waals surface area contributed by atoms with Crippen molar-refractivity contribution in [3.05, 3.63) is 77.4 Å². The summed E-state index contributed by atoms with van der Waals surface area (Å²) in [4.78, 5) is 0. The fraction of sp³-hybridized carbons (Fsp3) is 0.222. The molecule has 23 heavy (non-hydrogen) atoms. The first kappa shape index (κ1) is 14.6.